The number of methoxy groups -OCH3 is 1. The maximum Gasteiger partial charge on any atom is 0.240 e. The molecule has 2 fully saturated rings. The molecule has 1 aromatic carbocycles. The number of anilines is 1. The number of aryl methyl sites for hydroxylation is 1. The van der Waals surface area contributed by atoms with E-state index in [4.69, 9.17) is 4.74 Å². The molecule has 0 bridgehead atoms. The molecule has 1 aliphatic carbocycles. The van der Waals surface area contributed by atoms with Crippen LogP contribution in [0.2, 0.25) is 0 Å². The standard InChI is InChI=1S/C18H24N2O5S/c1-12-4-5-15(25-3)14(10-12)19-16(21)18(7-8-18)17(22)20(2)13-6-9-26(23,24)11-13/h4-5,10,13H,6-9,11H2,1-3H3,(H,19,21). The number of carbonyl (C=O) groups is 2. The summed E-state index contributed by atoms with van der Waals surface area (Å²) < 4.78 is 28.6. The van der Waals surface area contributed by atoms with Gasteiger partial charge in [0.05, 0.1) is 24.3 Å². The van der Waals surface area contributed by atoms with Crippen molar-refractivity contribution in [1.29, 1.82) is 0 Å². The molecule has 1 saturated heterocycles. The van der Waals surface area contributed by atoms with E-state index in [0.717, 1.165) is 5.56 Å². The number of ether oxygens (including phenoxy) is 1. The number of nitrogens with zero attached hydrogens (tertiary/aromatic N) is 1. The molecule has 1 heterocycles. The van der Waals surface area contributed by atoms with Crippen LogP contribution in [0.15, 0.2) is 18.2 Å². The molecule has 0 spiro atoms. The molecule has 1 aromatic rings. The van der Waals surface area contributed by atoms with Crippen LogP contribution in [0.25, 0.3) is 0 Å². The van der Waals surface area contributed by atoms with Crippen LogP contribution >= 0.6 is 0 Å². The Morgan fingerprint density at radius 3 is 2.54 bits per heavy atom. The summed E-state index contributed by atoms with van der Waals surface area (Å²) in [4.78, 5) is 27.2. The Hall–Kier alpha value is -2.09. The molecule has 26 heavy (non-hydrogen) atoms. The minimum absolute atomic E-state index is 0.0291. The van der Waals surface area contributed by atoms with Crippen LogP contribution < -0.4 is 10.1 Å². The van der Waals surface area contributed by atoms with Gasteiger partial charge in [0, 0.05) is 13.1 Å². The second kappa shape index (κ2) is 6.57. The van der Waals surface area contributed by atoms with Crippen molar-refractivity contribution in [2.75, 3.05) is 31.0 Å². The van der Waals surface area contributed by atoms with E-state index in [1.807, 2.05) is 13.0 Å². The zero-order chi connectivity index (χ0) is 19.1. The topological polar surface area (TPSA) is 92.8 Å². The van der Waals surface area contributed by atoms with Crippen LogP contribution in [0.3, 0.4) is 0 Å². The molecule has 1 aliphatic heterocycles. The largest absolute Gasteiger partial charge is 0.495 e. The molecular weight excluding hydrogens is 356 g/mol. The molecule has 2 aliphatic rings. The van der Waals surface area contributed by atoms with E-state index in [-0.39, 0.29) is 29.4 Å². The van der Waals surface area contributed by atoms with E-state index < -0.39 is 15.3 Å². The Balaban J connectivity index is 1.75. The van der Waals surface area contributed by atoms with Crippen LogP contribution in [0.1, 0.15) is 24.8 Å². The van der Waals surface area contributed by atoms with Crippen LogP contribution in [0.5, 0.6) is 5.75 Å². The first kappa shape index (κ1) is 18.7. The Morgan fingerprint density at radius 1 is 1.31 bits per heavy atom. The molecule has 2 amide bonds. The van der Waals surface area contributed by atoms with Crippen molar-refractivity contribution in [2.24, 2.45) is 5.41 Å². The Kier molecular flexibility index (Phi) is 4.72. The molecule has 3 rings (SSSR count). The third-order valence-corrected chi connectivity index (χ3v) is 7.02. The van der Waals surface area contributed by atoms with Gasteiger partial charge in [-0.1, -0.05) is 6.07 Å². The molecule has 142 valence electrons. The molecule has 7 nitrogen and oxygen atoms in total. The predicted molar refractivity (Wildman–Crippen MR) is 97.9 cm³/mol. The lowest BCUT2D eigenvalue weighted by atomic mass is 10.0. The fourth-order valence-corrected chi connectivity index (χ4v) is 5.18. The van der Waals surface area contributed by atoms with Crippen molar-refractivity contribution >= 4 is 27.3 Å². The van der Waals surface area contributed by atoms with Gasteiger partial charge in [-0.25, -0.2) is 8.42 Å². The first-order chi connectivity index (χ1) is 12.2. The van der Waals surface area contributed by atoms with Crippen molar-refractivity contribution in [3.05, 3.63) is 23.8 Å². The van der Waals surface area contributed by atoms with Gasteiger partial charge in [0.25, 0.3) is 0 Å². The van der Waals surface area contributed by atoms with E-state index in [1.165, 1.54) is 12.0 Å². The van der Waals surface area contributed by atoms with Crippen molar-refractivity contribution in [3.63, 3.8) is 0 Å². The van der Waals surface area contributed by atoms with Crippen LogP contribution in [0, 0.1) is 12.3 Å². The second-order valence-corrected chi connectivity index (χ2v) is 9.44. The third-order valence-electron chi connectivity index (χ3n) is 5.27. The van der Waals surface area contributed by atoms with Crippen LogP contribution in [-0.4, -0.2) is 56.8 Å². The first-order valence-electron chi connectivity index (χ1n) is 8.62. The van der Waals surface area contributed by atoms with Gasteiger partial charge >= 0.3 is 0 Å². The summed E-state index contributed by atoms with van der Waals surface area (Å²) in [6.07, 6.45) is 1.36. The van der Waals surface area contributed by atoms with E-state index >= 15 is 0 Å². The zero-order valence-corrected chi connectivity index (χ0v) is 16.1. The summed E-state index contributed by atoms with van der Waals surface area (Å²) in [5.74, 6) is -0.0709. The Bertz CT molecular complexity index is 845. The predicted octanol–water partition coefficient (Wildman–Crippen LogP) is 1.37. The minimum atomic E-state index is -3.09. The first-order valence-corrected chi connectivity index (χ1v) is 10.4. The van der Waals surface area contributed by atoms with E-state index in [2.05, 4.69) is 5.32 Å². The van der Waals surface area contributed by atoms with Gasteiger partial charge in [-0.3, -0.25) is 9.59 Å². The van der Waals surface area contributed by atoms with Crippen molar-refractivity contribution in [2.45, 2.75) is 32.2 Å². The molecule has 1 saturated carbocycles. The summed E-state index contributed by atoms with van der Waals surface area (Å²) in [7, 11) is 0.0196. The summed E-state index contributed by atoms with van der Waals surface area (Å²) >= 11 is 0. The smallest absolute Gasteiger partial charge is 0.240 e. The number of amides is 2. The number of nitrogens with one attached hydrogen (secondary N) is 1. The quantitative estimate of drug-likeness (QED) is 0.779. The average Bonchev–Trinajstić information content (AvgIpc) is 3.32. The second-order valence-electron chi connectivity index (χ2n) is 7.21. The number of hydrogen-bond acceptors (Lipinski definition) is 5. The van der Waals surface area contributed by atoms with E-state index in [9.17, 15) is 18.0 Å². The van der Waals surface area contributed by atoms with Crippen molar-refractivity contribution in [3.8, 4) is 5.75 Å². The van der Waals surface area contributed by atoms with E-state index in [1.54, 1.807) is 19.2 Å². The van der Waals surface area contributed by atoms with E-state index in [0.29, 0.717) is 30.7 Å². The van der Waals surface area contributed by atoms with Gasteiger partial charge < -0.3 is 15.0 Å². The Morgan fingerprint density at radius 2 is 2.00 bits per heavy atom. The number of sulfone groups is 1. The fraction of sp³-hybridized carbons (Fsp3) is 0.556. The highest BCUT2D eigenvalue weighted by Crippen LogP contribution is 2.49. The molecule has 8 heteroatoms. The number of carbonyl (C=O) groups excluding carboxylic acids is 2. The van der Waals surface area contributed by atoms with Gasteiger partial charge in [-0.15, -0.1) is 0 Å². The number of rotatable bonds is 5. The molecule has 1 unspecified atom stereocenters. The Labute approximate surface area is 153 Å². The SMILES string of the molecule is COc1ccc(C)cc1NC(=O)C1(C(=O)N(C)C2CCS(=O)(=O)C2)CC1. The summed E-state index contributed by atoms with van der Waals surface area (Å²) in [6.45, 7) is 1.90. The maximum absolute atomic E-state index is 12.9. The summed E-state index contributed by atoms with van der Waals surface area (Å²) in [5, 5.41) is 2.82. The normalized spacial score (nSPS) is 22.5. The van der Waals surface area contributed by atoms with Gasteiger partial charge in [0.1, 0.15) is 11.2 Å². The van der Waals surface area contributed by atoms with Gasteiger partial charge in [-0.05, 0) is 43.9 Å². The third kappa shape index (κ3) is 3.42. The lowest BCUT2D eigenvalue weighted by Gasteiger charge is -2.27. The lowest BCUT2D eigenvalue weighted by Crippen LogP contribution is -2.46. The monoisotopic (exact) mass is 380 g/mol. The van der Waals surface area contributed by atoms with Crippen molar-refractivity contribution in [1.82, 2.24) is 4.90 Å². The van der Waals surface area contributed by atoms with Gasteiger partial charge in [-0.2, -0.15) is 0 Å². The average molecular weight is 380 g/mol. The highest BCUT2D eigenvalue weighted by molar-refractivity contribution is 7.91. The van der Waals surface area contributed by atoms with Gasteiger partial charge in [0.2, 0.25) is 11.8 Å². The highest BCUT2D eigenvalue weighted by atomic mass is 32.2. The maximum atomic E-state index is 12.9. The summed E-state index contributed by atoms with van der Waals surface area (Å²) in [6, 6.07) is 5.08. The molecular formula is C18H24N2O5S. The van der Waals surface area contributed by atoms with Gasteiger partial charge in [0.15, 0.2) is 9.84 Å². The molecule has 0 aromatic heterocycles. The molecule has 1 atom stereocenters. The number of benzene rings is 1. The van der Waals surface area contributed by atoms with Crippen LogP contribution in [0.4, 0.5) is 5.69 Å². The molecule has 0 radical (unpaired) electrons. The lowest BCUT2D eigenvalue weighted by molar-refractivity contribution is -0.142. The summed E-state index contributed by atoms with van der Waals surface area (Å²) in [5.41, 5.74) is 0.392. The highest BCUT2D eigenvalue weighted by Gasteiger charge is 2.58. The zero-order valence-electron chi connectivity index (χ0n) is 15.2. The minimum Gasteiger partial charge on any atom is -0.495 e. The fourth-order valence-electron chi connectivity index (χ4n) is 3.41. The molecule has 1 N–H and O–H groups in total. The number of hydrogen-bond donors (Lipinski definition) is 1. The van der Waals surface area contributed by atoms with Crippen molar-refractivity contribution < 1.29 is 22.7 Å². The van der Waals surface area contributed by atoms with Crippen LogP contribution in [-0.2, 0) is 19.4 Å².